The molecule has 0 bridgehead atoms. The monoisotopic (exact) mass is 296 g/mol. The van der Waals surface area contributed by atoms with Gasteiger partial charge >= 0.3 is 0 Å². The summed E-state index contributed by atoms with van der Waals surface area (Å²) in [7, 11) is 0. The van der Waals surface area contributed by atoms with E-state index in [4.69, 9.17) is 4.98 Å². The highest BCUT2D eigenvalue weighted by molar-refractivity contribution is 8.00. The minimum absolute atomic E-state index is 0.117. The van der Waals surface area contributed by atoms with Crippen molar-refractivity contribution in [2.24, 2.45) is 0 Å². The third kappa shape index (κ3) is 2.47. The third-order valence-corrected chi connectivity index (χ3v) is 7.06. The van der Waals surface area contributed by atoms with Gasteiger partial charge in [-0.1, -0.05) is 6.92 Å². The second kappa shape index (κ2) is 5.38. The van der Waals surface area contributed by atoms with Crippen molar-refractivity contribution in [3.63, 3.8) is 0 Å². The predicted octanol–water partition coefficient (Wildman–Crippen LogP) is 3.74. The maximum absolute atomic E-state index is 5.03. The summed E-state index contributed by atoms with van der Waals surface area (Å²) >= 11 is 4.09. The molecule has 2 heterocycles. The molecule has 106 valence electrons. The molecule has 1 aliphatic heterocycles. The molecule has 2 atom stereocenters. The van der Waals surface area contributed by atoms with Crippen LogP contribution in [0.2, 0.25) is 0 Å². The van der Waals surface area contributed by atoms with Gasteiger partial charge in [-0.25, -0.2) is 4.98 Å². The molecule has 2 aliphatic rings. The molecular weight excluding hydrogens is 272 g/mol. The van der Waals surface area contributed by atoms with Gasteiger partial charge in [-0.2, -0.15) is 11.8 Å². The molecule has 4 heteroatoms. The van der Waals surface area contributed by atoms with Gasteiger partial charge in [-0.3, -0.25) is 0 Å². The number of rotatable bonds is 3. The lowest BCUT2D eigenvalue weighted by Gasteiger charge is -2.43. The summed E-state index contributed by atoms with van der Waals surface area (Å²) in [4.78, 5) is 6.59. The predicted molar refractivity (Wildman–Crippen MR) is 85.2 cm³/mol. The van der Waals surface area contributed by atoms with Crippen LogP contribution in [-0.2, 0) is 18.4 Å². The molecular formula is C15H24N2S2. The topological polar surface area (TPSA) is 24.9 Å². The largest absolute Gasteiger partial charge is 0.302 e. The van der Waals surface area contributed by atoms with Gasteiger partial charge in [0.05, 0.1) is 11.2 Å². The Morgan fingerprint density at radius 1 is 1.32 bits per heavy atom. The fourth-order valence-electron chi connectivity index (χ4n) is 3.39. The number of aryl methyl sites for hydroxylation is 2. The fourth-order valence-corrected chi connectivity index (χ4v) is 6.13. The lowest BCUT2D eigenvalue weighted by molar-refractivity contribution is 0.271. The average Bonchev–Trinajstić information content (AvgIpc) is 2.92. The number of thiazole rings is 1. The zero-order chi connectivity index (χ0) is 13.5. The molecule has 0 radical (unpaired) electrons. The van der Waals surface area contributed by atoms with Crippen LogP contribution in [0.25, 0.3) is 0 Å². The van der Waals surface area contributed by atoms with Crippen LogP contribution in [0.3, 0.4) is 0 Å². The molecule has 1 aliphatic carbocycles. The van der Waals surface area contributed by atoms with Crippen LogP contribution in [0, 0.1) is 0 Å². The fraction of sp³-hybridized carbons (Fsp3) is 0.800. The normalized spacial score (nSPS) is 30.8. The Bertz CT molecular complexity index is 433. The van der Waals surface area contributed by atoms with E-state index in [9.17, 15) is 0 Å². The maximum Gasteiger partial charge on any atom is 0.114 e. The van der Waals surface area contributed by atoms with Gasteiger partial charge < -0.3 is 5.32 Å². The number of nitrogens with one attached hydrogen (secondary N) is 1. The molecule has 1 aromatic heterocycles. The molecule has 0 saturated carbocycles. The molecule has 0 aromatic carbocycles. The maximum atomic E-state index is 5.03. The van der Waals surface area contributed by atoms with Crippen molar-refractivity contribution in [1.82, 2.24) is 10.3 Å². The molecule has 3 rings (SSSR count). The van der Waals surface area contributed by atoms with Gasteiger partial charge in [-0.15, -0.1) is 11.3 Å². The van der Waals surface area contributed by atoms with Gasteiger partial charge in [0.25, 0.3) is 0 Å². The van der Waals surface area contributed by atoms with Gasteiger partial charge in [0.1, 0.15) is 5.01 Å². The second-order valence-corrected chi connectivity index (χ2v) is 8.66. The molecule has 1 N–H and O–H groups in total. The first kappa shape index (κ1) is 13.9. The minimum Gasteiger partial charge on any atom is -0.302 e. The quantitative estimate of drug-likeness (QED) is 0.920. The summed E-state index contributed by atoms with van der Waals surface area (Å²) in [5, 5.41) is 5.86. The minimum atomic E-state index is 0.117. The van der Waals surface area contributed by atoms with Gasteiger partial charge in [-0.05, 0) is 51.7 Å². The smallest absolute Gasteiger partial charge is 0.114 e. The Hall–Kier alpha value is -0.0600. The number of fused-ring (bicyclic) bond motifs is 1. The zero-order valence-corrected chi connectivity index (χ0v) is 13.8. The first-order valence-corrected chi connectivity index (χ1v) is 9.37. The highest BCUT2D eigenvalue weighted by atomic mass is 32.2. The van der Waals surface area contributed by atoms with Gasteiger partial charge in [0.15, 0.2) is 0 Å². The summed E-state index contributed by atoms with van der Waals surface area (Å²) in [5.74, 6) is 1.30. The summed E-state index contributed by atoms with van der Waals surface area (Å²) < 4.78 is 0. The Labute approximate surface area is 124 Å². The van der Waals surface area contributed by atoms with Gasteiger partial charge in [0.2, 0.25) is 0 Å². The van der Waals surface area contributed by atoms with Gasteiger partial charge in [0, 0.05) is 16.2 Å². The first-order chi connectivity index (χ1) is 9.12. The van der Waals surface area contributed by atoms with Crippen LogP contribution in [0.15, 0.2) is 0 Å². The van der Waals surface area contributed by atoms with Crippen molar-refractivity contribution in [3.05, 3.63) is 15.6 Å². The molecule has 2 unspecified atom stereocenters. The van der Waals surface area contributed by atoms with Crippen molar-refractivity contribution in [2.45, 2.75) is 69.7 Å². The van der Waals surface area contributed by atoms with Crippen molar-refractivity contribution < 1.29 is 0 Å². The number of hydrogen-bond acceptors (Lipinski definition) is 4. The van der Waals surface area contributed by atoms with E-state index in [0.29, 0.717) is 11.3 Å². The van der Waals surface area contributed by atoms with Crippen molar-refractivity contribution in [3.8, 4) is 0 Å². The van der Waals surface area contributed by atoms with E-state index in [1.807, 2.05) is 11.3 Å². The Kier molecular flexibility index (Phi) is 3.93. The number of aromatic nitrogens is 1. The summed E-state index contributed by atoms with van der Waals surface area (Å²) in [6.07, 6.45) is 6.31. The van der Waals surface area contributed by atoms with E-state index >= 15 is 0 Å². The highest BCUT2D eigenvalue weighted by Gasteiger charge is 2.43. The van der Waals surface area contributed by atoms with E-state index < -0.39 is 0 Å². The molecule has 0 spiro atoms. The molecule has 1 saturated heterocycles. The molecule has 2 nitrogen and oxygen atoms in total. The molecule has 0 amide bonds. The lowest BCUT2D eigenvalue weighted by atomic mass is 9.89. The van der Waals surface area contributed by atoms with Crippen molar-refractivity contribution >= 4 is 23.1 Å². The van der Waals surface area contributed by atoms with Crippen LogP contribution >= 0.6 is 23.1 Å². The summed E-state index contributed by atoms with van der Waals surface area (Å²) in [6.45, 7) is 6.90. The highest BCUT2D eigenvalue weighted by Crippen LogP contribution is 2.44. The van der Waals surface area contributed by atoms with Crippen molar-refractivity contribution in [1.29, 1.82) is 0 Å². The van der Waals surface area contributed by atoms with Crippen molar-refractivity contribution in [2.75, 3.05) is 5.75 Å². The number of nitrogens with zero attached hydrogens (tertiary/aromatic N) is 1. The summed E-state index contributed by atoms with van der Waals surface area (Å²) in [5.41, 5.74) is 1.51. The standard InChI is InChI=1S/C15H24N2S2/c1-10(2)17-15(8-5-9-18-11(15)3)14-16-12-6-4-7-13(12)19-14/h10-11,17H,4-9H2,1-3H3. The van der Waals surface area contributed by atoms with Crippen LogP contribution in [0.4, 0.5) is 0 Å². The zero-order valence-electron chi connectivity index (χ0n) is 12.2. The van der Waals surface area contributed by atoms with Crippen LogP contribution in [-0.4, -0.2) is 22.0 Å². The SMILES string of the molecule is CC(C)NC1(c2nc3c(s2)CCC3)CCCSC1C. The Morgan fingerprint density at radius 2 is 2.16 bits per heavy atom. The number of hydrogen-bond donors (Lipinski definition) is 1. The Balaban J connectivity index is 1.97. The van der Waals surface area contributed by atoms with Crippen LogP contribution in [0.5, 0.6) is 0 Å². The second-order valence-electron chi connectivity index (χ2n) is 6.13. The van der Waals surface area contributed by atoms with E-state index in [0.717, 1.165) is 0 Å². The van der Waals surface area contributed by atoms with Crippen LogP contribution in [0.1, 0.15) is 55.6 Å². The molecule has 19 heavy (non-hydrogen) atoms. The van der Waals surface area contributed by atoms with E-state index in [1.54, 1.807) is 4.88 Å². The average molecular weight is 297 g/mol. The van der Waals surface area contributed by atoms with E-state index in [2.05, 4.69) is 37.8 Å². The molecule has 1 aromatic rings. The number of thioether (sulfide) groups is 1. The molecule has 1 fully saturated rings. The van der Waals surface area contributed by atoms with E-state index in [1.165, 1.54) is 48.6 Å². The van der Waals surface area contributed by atoms with Crippen LogP contribution < -0.4 is 5.32 Å². The third-order valence-electron chi connectivity index (χ3n) is 4.30. The summed E-state index contributed by atoms with van der Waals surface area (Å²) in [6, 6.07) is 0.514. The lowest BCUT2D eigenvalue weighted by Crippen LogP contribution is -2.53. The van der Waals surface area contributed by atoms with E-state index in [-0.39, 0.29) is 5.54 Å². The first-order valence-electron chi connectivity index (χ1n) is 7.50. The Morgan fingerprint density at radius 3 is 2.84 bits per heavy atom.